The summed E-state index contributed by atoms with van der Waals surface area (Å²) in [5.41, 5.74) is 4.29. The summed E-state index contributed by atoms with van der Waals surface area (Å²) in [7, 11) is 5.94. The number of hydrogen-bond donors (Lipinski definition) is 2. The summed E-state index contributed by atoms with van der Waals surface area (Å²) in [6.45, 7) is 0. The minimum Gasteiger partial charge on any atom is -0.497 e. The molecule has 226 valence electrons. The second-order valence-corrected chi connectivity index (χ2v) is 9.86. The van der Waals surface area contributed by atoms with Gasteiger partial charge in [0, 0.05) is 26.9 Å². The van der Waals surface area contributed by atoms with Gasteiger partial charge in [0.2, 0.25) is 5.75 Å². The van der Waals surface area contributed by atoms with E-state index < -0.39 is 17.8 Å². The van der Waals surface area contributed by atoms with Crippen LogP contribution in [0.15, 0.2) is 88.4 Å². The van der Waals surface area contributed by atoms with Gasteiger partial charge in [0.15, 0.2) is 11.5 Å². The number of benzene rings is 4. The molecule has 0 saturated heterocycles. The number of anilines is 1. The maximum absolute atomic E-state index is 12.9. The molecule has 2 N–H and O–H groups in total. The highest BCUT2D eigenvalue weighted by Crippen LogP contribution is 2.38. The molecule has 2 amide bonds. The van der Waals surface area contributed by atoms with Crippen LogP contribution in [0.25, 0.3) is 0 Å². The van der Waals surface area contributed by atoms with Crippen molar-refractivity contribution in [3.05, 3.63) is 106 Å². The predicted octanol–water partition coefficient (Wildman–Crippen LogP) is 5.72. The fraction of sp³-hybridized carbons (Fsp3) is 0.125. The van der Waals surface area contributed by atoms with E-state index >= 15 is 0 Å². The molecule has 0 radical (unpaired) electrons. The Morgan fingerprint density at radius 2 is 1.32 bits per heavy atom. The summed E-state index contributed by atoms with van der Waals surface area (Å²) < 4.78 is 27.3. The van der Waals surface area contributed by atoms with Gasteiger partial charge < -0.3 is 29.0 Å². The molecule has 0 aliphatic rings. The molecule has 0 fully saturated rings. The van der Waals surface area contributed by atoms with Crippen molar-refractivity contribution >= 4 is 45.6 Å². The first-order valence-electron chi connectivity index (χ1n) is 13.0. The van der Waals surface area contributed by atoms with E-state index in [1.807, 2.05) is 0 Å². The molecular formula is C32H28BrN3O8. The number of nitrogens with zero attached hydrogens (tertiary/aromatic N) is 1. The number of nitrogens with one attached hydrogen (secondary N) is 2. The molecule has 0 aromatic heterocycles. The lowest BCUT2D eigenvalue weighted by atomic mass is 10.1. The van der Waals surface area contributed by atoms with Gasteiger partial charge in [0.1, 0.15) is 11.5 Å². The molecular weight excluding hydrogens is 634 g/mol. The van der Waals surface area contributed by atoms with E-state index in [0.717, 1.165) is 4.47 Å². The SMILES string of the molecule is COc1ccc(C(=O)Oc2ccc(Br)cc2/C=N\NC(=O)c2ccc(NC(=O)c3cc(OC)c(OC)c(OC)c3)cc2)cc1. The average Bonchev–Trinajstić information content (AvgIpc) is 3.05. The Bertz CT molecular complexity index is 1660. The van der Waals surface area contributed by atoms with Crippen molar-refractivity contribution in [1.29, 1.82) is 0 Å². The molecule has 0 saturated carbocycles. The van der Waals surface area contributed by atoms with E-state index in [2.05, 4.69) is 31.8 Å². The lowest BCUT2D eigenvalue weighted by Gasteiger charge is -2.14. The van der Waals surface area contributed by atoms with Gasteiger partial charge in [-0.05, 0) is 78.9 Å². The first-order chi connectivity index (χ1) is 21.3. The van der Waals surface area contributed by atoms with Crippen molar-refractivity contribution in [1.82, 2.24) is 5.43 Å². The number of rotatable bonds is 11. The van der Waals surface area contributed by atoms with Gasteiger partial charge in [-0.25, -0.2) is 10.2 Å². The third kappa shape index (κ3) is 7.72. The van der Waals surface area contributed by atoms with E-state index in [4.69, 9.17) is 23.7 Å². The number of methoxy groups -OCH3 is 4. The lowest BCUT2D eigenvalue weighted by Crippen LogP contribution is -2.18. The highest BCUT2D eigenvalue weighted by atomic mass is 79.9. The van der Waals surface area contributed by atoms with Crippen LogP contribution in [0.3, 0.4) is 0 Å². The highest BCUT2D eigenvalue weighted by molar-refractivity contribution is 9.10. The van der Waals surface area contributed by atoms with Gasteiger partial charge in [-0.15, -0.1) is 0 Å². The number of carbonyl (C=O) groups excluding carboxylic acids is 3. The number of ether oxygens (including phenoxy) is 5. The molecule has 0 aliphatic heterocycles. The summed E-state index contributed by atoms with van der Waals surface area (Å²) in [6, 6.07) is 20.8. The van der Waals surface area contributed by atoms with Crippen LogP contribution in [-0.2, 0) is 0 Å². The Morgan fingerprint density at radius 3 is 1.91 bits per heavy atom. The van der Waals surface area contributed by atoms with E-state index in [0.29, 0.717) is 45.4 Å². The predicted molar refractivity (Wildman–Crippen MR) is 168 cm³/mol. The minimum absolute atomic E-state index is 0.249. The van der Waals surface area contributed by atoms with Crippen LogP contribution >= 0.6 is 15.9 Å². The average molecular weight is 662 g/mol. The molecule has 11 nitrogen and oxygen atoms in total. The number of amides is 2. The van der Waals surface area contributed by atoms with Crippen molar-refractivity contribution in [2.45, 2.75) is 0 Å². The fourth-order valence-corrected chi connectivity index (χ4v) is 4.32. The highest BCUT2D eigenvalue weighted by Gasteiger charge is 2.17. The summed E-state index contributed by atoms with van der Waals surface area (Å²) in [5.74, 6) is 0.452. The van der Waals surface area contributed by atoms with Gasteiger partial charge in [0.05, 0.1) is 40.2 Å². The minimum atomic E-state index is -0.564. The van der Waals surface area contributed by atoms with Gasteiger partial charge in [-0.1, -0.05) is 15.9 Å². The zero-order valence-electron chi connectivity index (χ0n) is 24.2. The molecule has 4 aromatic carbocycles. The first kappa shape index (κ1) is 31.6. The monoisotopic (exact) mass is 661 g/mol. The molecule has 0 heterocycles. The number of halogens is 1. The standard InChI is InChI=1S/C32H28BrN3O8/c1-40-25-12-7-20(8-13-25)32(39)44-26-14-9-23(33)15-22(26)18-34-36-31(38)19-5-10-24(11-6-19)35-30(37)21-16-27(41-2)29(43-4)28(17-21)42-3/h5-18H,1-4H3,(H,35,37)(H,36,38)/b34-18-. The third-order valence-electron chi connectivity index (χ3n) is 6.20. The summed E-state index contributed by atoms with van der Waals surface area (Å²) in [5, 5.41) is 6.79. The van der Waals surface area contributed by atoms with E-state index in [9.17, 15) is 14.4 Å². The summed E-state index contributed by atoms with van der Waals surface area (Å²) >= 11 is 3.39. The Balaban J connectivity index is 1.39. The molecule has 12 heteroatoms. The van der Waals surface area contributed by atoms with Crippen LogP contribution in [0, 0.1) is 0 Å². The molecule has 0 atom stereocenters. The zero-order valence-corrected chi connectivity index (χ0v) is 25.8. The Hall–Kier alpha value is -5.36. The van der Waals surface area contributed by atoms with Crippen LogP contribution in [-0.4, -0.2) is 52.4 Å². The van der Waals surface area contributed by atoms with Crippen molar-refractivity contribution in [3.63, 3.8) is 0 Å². The topological polar surface area (TPSA) is 134 Å². The summed E-state index contributed by atoms with van der Waals surface area (Å²) in [6.07, 6.45) is 1.37. The van der Waals surface area contributed by atoms with Crippen molar-refractivity contribution in [2.24, 2.45) is 5.10 Å². The number of carbonyl (C=O) groups is 3. The maximum Gasteiger partial charge on any atom is 0.343 e. The van der Waals surface area contributed by atoms with E-state index in [-0.39, 0.29) is 11.3 Å². The Morgan fingerprint density at radius 1 is 0.682 bits per heavy atom. The molecule has 4 rings (SSSR count). The van der Waals surface area contributed by atoms with E-state index in [1.54, 1.807) is 54.6 Å². The van der Waals surface area contributed by atoms with Gasteiger partial charge in [0.25, 0.3) is 11.8 Å². The van der Waals surface area contributed by atoms with Crippen LogP contribution in [0.1, 0.15) is 36.6 Å². The van der Waals surface area contributed by atoms with Crippen molar-refractivity contribution < 1.29 is 38.1 Å². The molecule has 0 spiro atoms. The Labute approximate surface area is 261 Å². The van der Waals surface area contributed by atoms with E-state index in [1.165, 1.54) is 58.9 Å². The third-order valence-corrected chi connectivity index (χ3v) is 6.70. The number of hydrazone groups is 1. The second kappa shape index (κ2) is 14.7. The normalized spacial score (nSPS) is 10.6. The number of esters is 1. The smallest absolute Gasteiger partial charge is 0.343 e. The molecule has 44 heavy (non-hydrogen) atoms. The van der Waals surface area contributed by atoms with Crippen molar-refractivity contribution in [3.8, 4) is 28.7 Å². The lowest BCUT2D eigenvalue weighted by molar-refractivity contribution is 0.0733. The van der Waals surface area contributed by atoms with Gasteiger partial charge in [-0.3, -0.25) is 9.59 Å². The first-order valence-corrected chi connectivity index (χ1v) is 13.8. The van der Waals surface area contributed by atoms with Crippen LogP contribution in [0.5, 0.6) is 28.7 Å². The van der Waals surface area contributed by atoms with Crippen LogP contribution in [0.4, 0.5) is 5.69 Å². The quantitative estimate of drug-likeness (QED) is 0.0902. The molecule has 0 aliphatic carbocycles. The largest absolute Gasteiger partial charge is 0.497 e. The van der Waals surface area contributed by atoms with Gasteiger partial charge in [-0.2, -0.15) is 5.10 Å². The zero-order chi connectivity index (χ0) is 31.6. The van der Waals surface area contributed by atoms with Crippen molar-refractivity contribution in [2.75, 3.05) is 33.8 Å². The fourth-order valence-electron chi connectivity index (χ4n) is 3.94. The second-order valence-electron chi connectivity index (χ2n) is 8.94. The Kier molecular flexibility index (Phi) is 10.5. The summed E-state index contributed by atoms with van der Waals surface area (Å²) in [4.78, 5) is 38.2. The maximum atomic E-state index is 12.9. The van der Waals surface area contributed by atoms with Crippen LogP contribution < -0.4 is 34.4 Å². The number of hydrogen-bond acceptors (Lipinski definition) is 9. The molecule has 0 bridgehead atoms. The van der Waals surface area contributed by atoms with Crippen LogP contribution in [0.2, 0.25) is 0 Å². The molecule has 0 unspecified atom stereocenters. The van der Waals surface area contributed by atoms with Gasteiger partial charge >= 0.3 is 5.97 Å². The molecule has 4 aromatic rings.